The van der Waals surface area contributed by atoms with Gasteiger partial charge in [0.1, 0.15) is 5.75 Å². The van der Waals surface area contributed by atoms with E-state index in [2.05, 4.69) is 0 Å². The van der Waals surface area contributed by atoms with E-state index in [1.165, 1.54) is 7.11 Å². The molecule has 3 nitrogen and oxygen atoms in total. The van der Waals surface area contributed by atoms with E-state index in [1.54, 1.807) is 12.1 Å². The van der Waals surface area contributed by atoms with Gasteiger partial charge in [-0.25, -0.2) is 0 Å². The zero-order valence-electron chi connectivity index (χ0n) is 7.63. The molecule has 0 bridgehead atoms. The fraction of sp³-hybridized carbons (Fsp3) is 0.333. The summed E-state index contributed by atoms with van der Waals surface area (Å²) in [7, 11) is 1.50. The Morgan fingerprint density at radius 2 is 2.07 bits per heavy atom. The smallest absolute Gasteiger partial charge is 0.138 e. The van der Waals surface area contributed by atoms with Gasteiger partial charge in [0, 0.05) is 18.2 Å². The summed E-state index contributed by atoms with van der Waals surface area (Å²) in [5.41, 5.74) is 5.82. The van der Waals surface area contributed by atoms with Crippen molar-refractivity contribution in [3.8, 4) is 5.75 Å². The SMILES string of the molecule is COc1cc(Cl)c(C(O)CN)cc1Cl. The largest absolute Gasteiger partial charge is 0.495 e. The number of hydrogen-bond donors (Lipinski definition) is 2. The third-order valence-electron chi connectivity index (χ3n) is 1.85. The number of rotatable bonds is 3. The zero-order chi connectivity index (χ0) is 10.7. The number of halogens is 2. The van der Waals surface area contributed by atoms with Crippen molar-refractivity contribution < 1.29 is 9.84 Å². The maximum absolute atomic E-state index is 9.49. The molecule has 0 saturated heterocycles. The number of hydrogen-bond acceptors (Lipinski definition) is 3. The van der Waals surface area contributed by atoms with Crippen LogP contribution in [0.2, 0.25) is 10.0 Å². The summed E-state index contributed by atoms with van der Waals surface area (Å²) in [6, 6.07) is 3.11. The number of nitrogens with two attached hydrogens (primary N) is 1. The predicted molar refractivity (Wildman–Crippen MR) is 57.0 cm³/mol. The first-order chi connectivity index (χ1) is 6.60. The number of benzene rings is 1. The summed E-state index contributed by atoms with van der Waals surface area (Å²) in [6.07, 6.45) is -0.800. The Morgan fingerprint density at radius 1 is 1.43 bits per heavy atom. The van der Waals surface area contributed by atoms with E-state index in [-0.39, 0.29) is 6.54 Å². The van der Waals surface area contributed by atoms with E-state index in [0.29, 0.717) is 21.4 Å². The van der Waals surface area contributed by atoms with Gasteiger partial charge in [-0.3, -0.25) is 0 Å². The van der Waals surface area contributed by atoms with Crippen molar-refractivity contribution in [3.05, 3.63) is 27.7 Å². The van der Waals surface area contributed by atoms with Gasteiger partial charge in [0.25, 0.3) is 0 Å². The molecule has 0 spiro atoms. The van der Waals surface area contributed by atoms with Crippen LogP contribution in [-0.2, 0) is 0 Å². The molecule has 1 rings (SSSR count). The molecule has 0 aromatic heterocycles. The molecule has 1 aromatic carbocycles. The van der Waals surface area contributed by atoms with Crippen LogP contribution in [0.4, 0.5) is 0 Å². The molecule has 1 atom stereocenters. The quantitative estimate of drug-likeness (QED) is 0.843. The Hall–Kier alpha value is -0.480. The average molecular weight is 236 g/mol. The standard InChI is InChI=1S/C9H11Cl2NO2/c1-14-9-3-6(10)5(2-7(9)11)8(13)4-12/h2-3,8,13H,4,12H2,1H3. The highest BCUT2D eigenvalue weighted by Crippen LogP contribution is 2.33. The molecule has 78 valence electrons. The van der Waals surface area contributed by atoms with Crippen LogP contribution in [0.15, 0.2) is 12.1 Å². The first-order valence-corrected chi connectivity index (χ1v) is 4.76. The van der Waals surface area contributed by atoms with E-state index in [1.807, 2.05) is 0 Å². The van der Waals surface area contributed by atoms with E-state index in [0.717, 1.165) is 0 Å². The highest BCUT2D eigenvalue weighted by molar-refractivity contribution is 6.34. The molecule has 0 amide bonds. The lowest BCUT2D eigenvalue weighted by atomic mass is 10.1. The maximum atomic E-state index is 9.49. The topological polar surface area (TPSA) is 55.5 Å². The number of ether oxygens (including phenoxy) is 1. The molecule has 5 heteroatoms. The van der Waals surface area contributed by atoms with Crippen LogP contribution in [0, 0.1) is 0 Å². The molecular formula is C9H11Cl2NO2. The monoisotopic (exact) mass is 235 g/mol. The second-order valence-corrected chi connectivity index (χ2v) is 3.57. The lowest BCUT2D eigenvalue weighted by Crippen LogP contribution is -2.12. The fourth-order valence-corrected chi connectivity index (χ4v) is 1.61. The molecule has 1 unspecified atom stereocenters. The highest BCUT2D eigenvalue weighted by atomic mass is 35.5. The second-order valence-electron chi connectivity index (χ2n) is 2.76. The minimum absolute atomic E-state index is 0.0996. The summed E-state index contributed by atoms with van der Waals surface area (Å²) < 4.78 is 4.96. The van der Waals surface area contributed by atoms with Gasteiger partial charge in [0.05, 0.1) is 23.3 Å². The van der Waals surface area contributed by atoms with Gasteiger partial charge < -0.3 is 15.6 Å². The summed E-state index contributed by atoms with van der Waals surface area (Å²) in [6.45, 7) is 0.0996. The molecule has 0 aliphatic rings. The summed E-state index contributed by atoms with van der Waals surface area (Å²) in [4.78, 5) is 0. The fourth-order valence-electron chi connectivity index (χ4n) is 1.08. The Balaban J connectivity index is 3.14. The summed E-state index contributed by atoms with van der Waals surface area (Å²) >= 11 is 11.8. The molecule has 0 aliphatic heterocycles. The van der Waals surface area contributed by atoms with Crippen molar-refractivity contribution in [2.75, 3.05) is 13.7 Å². The van der Waals surface area contributed by atoms with Crippen LogP contribution in [0.5, 0.6) is 5.75 Å². The lowest BCUT2D eigenvalue weighted by molar-refractivity contribution is 0.187. The molecule has 0 fully saturated rings. The first-order valence-electron chi connectivity index (χ1n) is 4.01. The molecule has 14 heavy (non-hydrogen) atoms. The van der Waals surface area contributed by atoms with Crippen molar-refractivity contribution in [1.29, 1.82) is 0 Å². The van der Waals surface area contributed by atoms with Gasteiger partial charge >= 0.3 is 0 Å². The minimum atomic E-state index is -0.800. The third-order valence-corrected chi connectivity index (χ3v) is 2.48. The molecule has 0 radical (unpaired) electrons. The molecule has 1 aromatic rings. The third kappa shape index (κ3) is 2.30. The van der Waals surface area contributed by atoms with Gasteiger partial charge in [-0.1, -0.05) is 23.2 Å². The Labute approximate surface area is 92.4 Å². The summed E-state index contributed by atoms with van der Waals surface area (Å²) in [5, 5.41) is 10.3. The van der Waals surface area contributed by atoms with Crippen LogP contribution in [0.3, 0.4) is 0 Å². The van der Waals surface area contributed by atoms with Crippen LogP contribution in [0.25, 0.3) is 0 Å². The van der Waals surface area contributed by atoms with Gasteiger partial charge in [-0.15, -0.1) is 0 Å². The maximum Gasteiger partial charge on any atom is 0.138 e. The van der Waals surface area contributed by atoms with Gasteiger partial charge in [0.2, 0.25) is 0 Å². The number of aliphatic hydroxyl groups is 1. The molecule has 0 aliphatic carbocycles. The van der Waals surface area contributed by atoms with Gasteiger partial charge in [-0.2, -0.15) is 0 Å². The normalized spacial score (nSPS) is 12.6. The average Bonchev–Trinajstić information content (AvgIpc) is 2.19. The minimum Gasteiger partial charge on any atom is -0.495 e. The molecule has 0 saturated carbocycles. The van der Waals surface area contributed by atoms with Crippen LogP contribution >= 0.6 is 23.2 Å². The molecule has 3 N–H and O–H groups in total. The number of aliphatic hydroxyl groups excluding tert-OH is 1. The number of methoxy groups -OCH3 is 1. The van der Waals surface area contributed by atoms with Crippen molar-refractivity contribution >= 4 is 23.2 Å². The van der Waals surface area contributed by atoms with Gasteiger partial charge in [0.15, 0.2) is 0 Å². The van der Waals surface area contributed by atoms with E-state index in [9.17, 15) is 5.11 Å². The Kier molecular flexibility index (Phi) is 4.01. The van der Waals surface area contributed by atoms with Gasteiger partial charge in [-0.05, 0) is 6.07 Å². The van der Waals surface area contributed by atoms with Crippen molar-refractivity contribution in [2.24, 2.45) is 5.73 Å². The first kappa shape index (κ1) is 11.6. The zero-order valence-corrected chi connectivity index (χ0v) is 9.14. The predicted octanol–water partition coefficient (Wildman–Crippen LogP) is 1.99. The molecule has 0 heterocycles. The van der Waals surface area contributed by atoms with Crippen LogP contribution in [-0.4, -0.2) is 18.8 Å². The Morgan fingerprint density at radius 3 is 2.57 bits per heavy atom. The highest BCUT2D eigenvalue weighted by Gasteiger charge is 2.13. The van der Waals surface area contributed by atoms with E-state index < -0.39 is 6.10 Å². The Bertz CT molecular complexity index is 331. The summed E-state index contributed by atoms with van der Waals surface area (Å²) in [5.74, 6) is 0.477. The van der Waals surface area contributed by atoms with Crippen molar-refractivity contribution in [1.82, 2.24) is 0 Å². The van der Waals surface area contributed by atoms with Crippen LogP contribution < -0.4 is 10.5 Å². The van der Waals surface area contributed by atoms with E-state index in [4.69, 9.17) is 33.7 Å². The second kappa shape index (κ2) is 4.84. The van der Waals surface area contributed by atoms with E-state index >= 15 is 0 Å². The van der Waals surface area contributed by atoms with Crippen molar-refractivity contribution in [3.63, 3.8) is 0 Å². The van der Waals surface area contributed by atoms with Crippen LogP contribution in [0.1, 0.15) is 11.7 Å². The lowest BCUT2D eigenvalue weighted by Gasteiger charge is -2.12. The molecular weight excluding hydrogens is 225 g/mol. The van der Waals surface area contributed by atoms with Crippen molar-refractivity contribution in [2.45, 2.75) is 6.10 Å².